The van der Waals surface area contributed by atoms with Crippen LogP contribution in [0, 0.1) is 29.6 Å². The maximum absolute atomic E-state index is 11.5. The molecule has 3 aromatic carbocycles. The Hall–Kier alpha value is -4.64. The maximum atomic E-state index is 11.5. The Morgan fingerprint density at radius 3 is 2.52 bits per heavy atom. The number of aliphatic carboxylic acids is 2. The molecule has 0 aliphatic carbocycles. The van der Waals surface area contributed by atoms with Crippen molar-refractivity contribution in [2.75, 3.05) is 11.4 Å². The third-order valence-electron chi connectivity index (χ3n) is 6.54. The first-order chi connectivity index (χ1) is 19.3. The monoisotopic (exact) mass is 567 g/mol. The van der Waals surface area contributed by atoms with Crippen LogP contribution in [0.3, 0.4) is 0 Å². The van der Waals surface area contributed by atoms with Crippen LogP contribution in [-0.2, 0) is 16.1 Å². The quantitative estimate of drug-likeness (QED) is 0.200. The van der Waals surface area contributed by atoms with E-state index in [4.69, 9.17) is 0 Å². The Morgan fingerprint density at radius 1 is 1.02 bits per heavy atom. The van der Waals surface area contributed by atoms with Crippen LogP contribution in [0.1, 0.15) is 23.4 Å². The lowest BCUT2D eigenvalue weighted by Crippen LogP contribution is -2.37. The molecule has 0 saturated heterocycles. The summed E-state index contributed by atoms with van der Waals surface area (Å²) in [5, 5.41) is 42.4. The second kappa shape index (κ2) is 11.2. The van der Waals surface area contributed by atoms with E-state index in [0.717, 1.165) is 37.1 Å². The lowest BCUT2D eigenvalue weighted by molar-refractivity contribution is -0.668. The third-order valence-corrected chi connectivity index (χ3v) is 9.01. The molecule has 0 fully saturated rings. The second-order valence-corrected chi connectivity index (χ2v) is 11.2. The highest BCUT2D eigenvalue weighted by Gasteiger charge is 2.30. The van der Waals surface area contributed by atoms with Crippen molar-refractivity contribution in [2.24, 2.45) is 0 Å². The summed E-state index contributed by atoms with van der Waals surface area (Å²) in [6.07, 6.45) is 1.28. The van der Waals surface area contributed by atoms with Gasteiger partial charge in [-0.15, -0.1) is 0 Å². The van der Waals surface area contributed by atoms with Crippen molar-refractivity contribution in [2.45, 2.75) is 31.2 Å². The summed E-state index contributed by atoms with van der Waals surface area (Å²) in [5.74, 6) is -1.90. The molecule has 0 unspecified atom stereocenters. The van der Waals surface area contributed by atoms with Gasteiger partial charge < -0.3 is 15.1 Å². The van der Waals surface area contributed by atoms with Crippen LogP contribution >= 0.6 is 23.1 Å². The number of benzene rings is 3. The zero-order chi connectivity index (χ0) is 28.4. The first-order valence-corrected chi connectivity index (χ1v) is 14.0. The van der Waals surface area contributed by atoms with Gasteiger partial charge in [-0.3, -0.25) is 9.59 Å². The number of thiazole rings is 1. The normalized spacial score (nSPS) is 14.2. The van der Waals surface area contributed by atoms with Gasteiger partial charge in [0, 0.05) is 22.9 Å². The number of aryl methyl sites for hydroxylation is 2. The van der Waals surface area contributed by atoms with Gasteiger partial charge >= 0.3 is 11.9 Å². The van der Waals surface area contributed by atoms with E-state index in [0.29, 0.717) is 10.0 Å². The van der Waals surface area contributed by atoms with Crippen molar-refractivity contribution < 1.29 is 24.4 Å². The van der Waals surface area contributed by atoms with E-state index in [1.165, 1.54) is 29.2 Å². The zero-order valence-corrected chi connectivity index (χ0v) is 23.1. The van der Waals surface area contributed by atoms with E-state index in [9.17, 15) is 30.3 Å². The number of carbonyl (C=O) groups is 2. The molecule has 4 aromatic rings. The molecule has 0 amide bonds. The van der Waals surface area contributed by atoms with Crippen molar-refractivity contribution >= 4 is 67.3 Å². The second-order valence-electron chi connectivity index (χ2n) is 9.21. The molecule has 0 atom stereocenters. The van der Waals surface area contributed by atoms with Gasteiger partial charge in [0.05, 0.1) is 22.7 Å². The fourth-order valence-electron chi connectivity index (χ4n) is 4.69. The van der Waals surface area contributed by atoms with Gasteiger partial charge in [-0.1, -0.05) is 53.4 Å². The highest BCUT2D eigenvalue weighted by molar-refractivity contribution is 8.03. The molecule has 2 N–H and O–H groups in total. The summed E-state index contributed by atoms with van der Waals surface area (Å²) in [6.45, 7) is 2.27. The molecule has 0 saturated carbocycles. The topological polar surface area (TPSA) is 129 Å². The van der Waals surface area contributed by atoms with Gasteiger partial charge in [-0.2, -0.15) is 15.1 Å². The Bertz CT molecular complexity index is 1840. The Morgan fingerprint density at radius 2 is 1.80 bits per heavy atom. The van der Waals surface area contributed by atoms with E-state index in [2.05, 4.69) is 12.1 Å². The number of fused-ring (bicyclic) bond motifs is 4. The molecule has 40 heavy (non-hydrogen) atoms. The lowest BCUT2D eigenvalue weighted by Gasteiger charge is -2.20. The predicted molar refractivity (Wildman–Crippen MR) is 155 cm³/mol. The average Bonchev–Trinajstić information content (AvgIpc) is 3.49. The molecular formula is C30H23N4O4S2+. The summed E-state index contributed by atoms with van der Waals surface area (Å²) < 4.78 is 2.75. The van der Waals surface area contributed by atoms with E-state index in [1.807, 2.05) is 71.0 Å². The van der Waals surface area contributed by atoms with Crippen molar-refractivity contribution in [1.29, 1.82) is 10.5 Å². The van der Waals surface area contributed by atoms with Crippen LogP contribution in [-0.4, -0.2) is 28.7 Å². The highest BCUT2D eigenvalue weighted by atomic mass is 32.2. The number of rotatable bonds is 8. The van der Waals surface area contributed by atoms with Crippen molar-refractivity contribution in [3.05, 3.63) is 81.8 Å². The van der Waals surface area contributed by atoms with Gasteiger partial charge in [0.25, 0.3) is 5.01 Å². The number of nitriles is 2. The van der Waals surface area contributed by atoms with Gasteiger partial charge in [0.15, 0.2) is 6.54 Å². The molecule has 10 heteroatoms. The largest absolute Gasteiger partial charge is 0.481 e. The molecule has 0 spiro atoms. The Balaban J connectivity index is 1.69. The first kappa shape index (κ1) is 26.9. The minimum absolute atomic E-state index is 0.121. The predicted octanol–water partition coefficient (Wildman–Crippen LogP) is 5.85. The number of nitrogens with zero attached hydrogens (tertiary/aromatic N) is 4. The summed E-state index contributed by atoms with van der Waals surface area (Å²) in [5.41, 5.74) is 3.10. The molecule has 1 aliphatic rings. The fourth-order valence-corrected chi connectivity index (χ4v) is 7.11. The van der Waals surface area contributed by atoms with E-state index in [-0.39, 0.29) is 37.1 Å². The molecule has 0 bridgehead atoms. The van der Waals surface area contributed by atoms with Gasteiger partial charge in [-0.25, -0.2) is 0 Å². The first-order valence-electron chi connectivity index (χ1n) is 12.4. The molecule has 198 valence electrons. The van der Waals surface area contributed by atoms with Crippen molar-refractivity contribution in [3.8, 4) is 12.1 Å². The summed E-state index contributed by atoms with van der Waals surface area (Å²) in [6, 6.07) is 22.1. The third kappa shape index (κ3) is 5.15. The van der Waals surface area contributed by atoms with Gasteiger partial charge in [0.1, 0.15) is 28.8 Å². The molecule has 8 nitrogen and oxygen atoms in total. The SMILES string of the molecule is Cc1ccc2c(c1)N(CCC(=O)O)/C(=C(C#N)\C=C(/C#N)c1sc3c4ccccc4ccc3[n+]1CCC(=O)O)S2. The highest BCUT2D eigenvalue weighted by Crippen LogP contribution is 2.48. The molecule has 2 heterocycles. The molecule has 1 aliphatic heterocycles. The Kier molecular flexibility index (Phi) is 7.56. The lowest BCUT2D eigenvalue weighted by atomic mass is 10.1. The summed E-state index contributed by atoms with van der Waals surface area (Å²) in [4.78, 5) is 25.6. The molecule has 0 radical (unpaired) electrons. The van der Waals surface area contributed by atoms with Gasteiger partial charge in [-0.05, 0) is 42.1 Å². The smallest absolute Gasteiger partial charge is 0.309 e. The average molecular weight is 568 g/mol. The maximum Gasteiger partial charge on any atom is 0.309 e. The number of allylic oxidation sites excluding steroid dienone is 3. The number of aromatic nitrogens is 1. The van der Waals surface area contributed by atoms with Crippen LogP contribution in [0.25, 0.3) is 26.6 Å². The van der Waals surface area contributed by atoms with E-state index in [1.54, 1.807) is 0 Å². The number of hydrogen-bond acceptors (Lipinski definition) is 7. The fraction of sp³-hybridized carbons (Fsp3) is 0.167. The number of thioether (sulfide) groups is 1. The summed E-state index contributed by atoms with van der Waals surface area (Å²) in [7, 11) is 0. The number of carboxylic acids is 2. The number of hydrogen-bond donors (Lipinski definition) is 2. The van der Waals surface area contributed by atoms with Crippen LogP contribution in [0.15, 0.2) is 76.2 Å². The van der Waals surface area contributed by atoms with Crippen LogP contribution in [0.5, 0.6) is 0 Å². The van der Waals surface area contributed by atoms with E-state index < -0.39 is 11.9 Å². The van der Waals surface area contributed by atoms with Crippen molar-refractivity contribution in [1.82, 2.24) is 0 Å². The zero-order valence-electron chi connectivity index (χ0n) is 21.4. The standard InChI is InChI=1S/C30H22N4O4S2/c1-18-6-9-25-24(14-18)34(13-11-27(37)38)29(39-25)20(16-31)15-21(17-32)30-33(12-10-26(35)36)23-8-7-19-4-2-3-5-22(19)28(23)40-30/h2-9,14-15H,10-13H2,1H3,(H-,35,36,37,38)/p+1. The number of anilines is 1. The van der Waals surface area contributed by atoms with Crippen LogP contribution in [0.4, 0.5) is 5.69 Å². The minimum atomic E-state index is -0.953. The number of carboxylic acid groups (broad SMARTS) is 2. The minimum Gasteiger partial charge on any atom is -0.481 e. The molecule has 1 aromatic heterocycles. The Labute approximate surface area is 238 Å². The summed E-state index contributed by atoms with van der Waals surface area (Å²) >= 11 is 2.75. The molecular weight excluding hydrogens is 544 g/mol. The van der Waals surface area contributed by atoms with E-state index >= 15 is 0 Å². The van der Waals surface area contributed by atoms with Crippen LogP contribution < -0.4 is 9.47 Å². The van der Waals surface area contributed by atoms with Gasteiger partial charge in [0.2, 0.25) is 5.52 Å². The molecule has 5 rings (SSSR count). The van der Waals surface area contributed by atoms with Crippen molar-refractivity contribution in [3.63, 3.8) is 0 Å². The van der Waals surface area contributed by atoms with Crippen LogP contribution in [0.2, 0.25) is 0 Å².